The first-order valence-corrected chi connectivity index (χ1v) is 7.29. The highest BCUT2D eigenvalue weighted by Crippen LogP contribution is 2.31. The second-order valence-electron chi connectivity index (χ2n) is 5.52. The lowest BCUT2D eigenvalue weighted by molar-refractivity contribution is -0.105. The maximum absolute atomic E-state index is 10.9. The molecule has 1 aliphatic carbocycles. The lowest BCUT2D eigenvalue weighted by Crippen LogP contribution is -2.05. The number of carbonyl (C=O) groups excluding carboxylic acids is 1. The first-order valence-electron chi connectivity index (χ1n) is 7.29. The predicted octanol–water partition coefficient (Wildman–Crippen LogP) is 4.90. The van der Waals surface area contributed by atoms with Crippen LogP contribution in [-0.2, 0) is 4.79 Å². The normalized spacial score (nSPS) is 17.9. The van der Waals surface area contributed by atoms with Gasteiger partial charge in [0, 0.05) is 0 Å². The molecule has 0 amide bonds. The molecule has 1 nitrogen and oxygen atoms in total. The zero-order valence-corrected chi connectivity index (χ0v) is 12.1. The van der Waals surface area contributed by atoms with Crippen LogP contribution in [0.25, 0.3) is 16.7 Å². The predicted molar refractivity (Wildman–Crippen MR) is 87.8 cm³/mol. The summed E-state index contributed by atoms with van der Waals surface area (Å²) >= 11 is 0. The molecule has 21 heavy (non-hydrogen) atoms. The van der Waals surface area contributed by atoms with E-state index in [4.69, 9.17) is 0 Å². The molecule has 0 bridgehead atoms. The van der Waals surface area contributed by atoms with E-state index in [1.165, 1.54) is 22.3 Å². The van der Waals surface area contributed by atoms with Crippen molar-refractivity contribution in [1.29, 1.82) is 0 Å². The van der Waals surface area contributed by atoms with Crippen LogP contribution in [0.15, 0.2) is 72.3 Å². The van der Waals surface area contributed by atoms with Gasteiger partial charge in [0.25, 0.3) is 0 Å². The molecule has 1 unspecified atom stereocenters. The number of allylic oxidation sites excluding steroid dienone is 4. The highest BCUT2D eigenvalue weighted by atomic mass is 16.1. The SMILES string of the molecule is CC1CC(c2ccc(-c3ccccc3)cc2)=CC=C1C=O. The minimum Gasteiger partial charge on any atom is -0.298 e. The van der Waals surface area contributed by atoms with Crippen molar-refractivity contribution in [2.45, 2.75) is 13.3 Å². The Morgan fingerprint density at radius 1 is 0.857 bits per heavy atom. The van der Waals surface area contributed by atoms with Gasteiger partial charge in [-0.3, -0.25) is 4.79 Å². The highest BCUT2D eigenvalue weighted by molar-refractivity contribution is 5.80. The zero-order chi connectivity index (χ0) is 14.7. The van der Waals surface area contributed by atoms with Gasteiger partial charge in [-0.2, -0.15) is 0 Å². The monoisotopic (exact) mass is 274 g/mol. The number of carbonyl (C=O) groups is 1. The summed E-state index contributed by atoms with van der Waals surface area (Å²) in [4.78, 5) is 10.9. The molecule has 0 saturated carbocycles. The highest BCUT2D eigenvalue weighted by Gasteiger charge is 2.15. The van der Waals surface area contributed by atoms with Gasteiger partial charge in [-0.25, -0.2) is 0 Å². The standard InChI is InChI=1S/C20H18O/c1-15-13-19(11-12-20(15)14-21)18-9-7-17(8-10-18)16-5-3-2-4-6-16/h2-12,14-15H,13H2,1H3. The van der Waals surface area contributed by atoms with Crippen LogP contribution in [0.4, 0.5) is 0 Å². The number of hydrogen-bond acceptors (Lipinski definition) is 1. The molecule has 0 N–H and O–H groups in total. The Morgan fingerprint density at radius 2 is 1.48 bits per heavy atom. The Labute approximate surface area is 125 Å². The average molecular weight is 274 g/mol. The van der Waals surface area contributed by atoms with Crippen molar-refractivity contribution < 1.29 is 4.79 Å². The second-order valence-corrected chi connectivity index (χ2v) is 5.52. The first kappa shape index (κ1) is 13.6. The maximum atomic E-state index is 10.9. The molecular formula is C20H18O. The van der Waals surface area contributed by atoms with Gasteiger partial charge in [-0.05, 0) is 40.2 Å². The second kappa shape index (κ2) is 5.92. The first-order chi connectivity index (χ1) is 10.3. The largest absolute Gasteiger partial charge is 0.298 e. The molecule has 2 aromatic carbocycles. The van der Waals surface area contributed by atoms with E-state index >= 15 is 0 Å². The molecule has 0 aliphatic heterocycles. The van der Waals surface area contributed by atoms with Crippen molar-refractivity contribution in [3.63, 3.8) is 0 Å². The Morgan fingerprint density at radius 3 is 2.10 bits per heavy atom. The van der Waals surface area contributed by atoms with E-state index in [1.807, 2.05) is 12.1 Å². The van der Waals surface area contributed by atoms with Crippen molar-refractivity contribution in [1.82, 2.24) is 0 Å². The van der Waals surface area contributed by atoms with Gasteiger partial charge in [-0.15, -0.1) is 0 Å². The number of benzene rings is 2. The summed E-state index contributed by atoms with van der Waals surface area (Å²) in [6, 6.07) is 19.0. The smallest absolute Gasteiger partial charge is 0.146 e. The molecule has 0 heterocycles. The van der Waals surface area contributed by atoms with E-state index < -0.39 is 0 Å². The summed E-state index contributed by atoms with van der Waals surface area (Å²) in [6.07, 6.45) is 5.91. The average Bonchev–Trinajstić information content (AvgIpc) is 2.56. The summed E-state index contributed by atoms with van der Waals surface area (Å²) in [5.74, 6) is 0.302. The maximum Gasteiger partial charge on any atom is 0.146 e. The van der Waals surface area contributed by atoms with Gasteiger partial charge in [0.05, 0.1) is 0 Å². The van der Waals surface area contributed by atoms with Crippen molar-refractivity contribution in [2.24, 2.45) is 5.92 Å². The molecule has 0 saturated heterocycles. The summed E-state index contributed by atoms with van der Waals surface area (Å²) < 4.78 is 0. The molecular weight excluding hydrogens is 256 g/mol. The topological polar surface area (TPSA) is 17.1 Å². The van der Waals surface area contributed by atoms with Crippen molar-refractivity contribution in [3.8, 4) is 11.1 Å². The van der Waals surface area contributed by atoms with Gasteiger partial charge in [-0.1, -0.05) is 73.7 Å². The van der Waals surface area contributed by atoms with Gasteiger partial charge < -0.3 is 0 Å². The Kier molecular flexibility index (Phi) is 3.83. The Bertz CT molecular complexity index is 690. The van der Waals surface area contributed by atoms with Crippen LogP contribution in [0.1, 0.15) is 18.9 Å². The van der Waals surface area contributed by atoms with Crippen molar-refractivity contribution >= 4 is 11.9 Å². The van der Waals surface area contributed by atoms with Crippen LogP contribution in [0.3, 0.4) is 0 Å². The fourth-order valence-electron chi connectivity index (χ4n) is 2.75. The molecule has 2 aromatic rings. The summed E-state index contributed by atoms with van der Waals surface area (Å²) in [5, 5.41) is 0. The lowest BCUT2D eigenvalue weighted by Gasteiger charge is -2.18. The van der Waals surface area contributed by atoms with E-state index in [1.54, 1.807) is 0 Å². The quantitative estimate of drug-likeness (QED) is 0.727. The molecule has 0 spiro atoms. The van der Waals surface area contributed by atoms with Crippen LogP contribution in [0.2, 0.25) is 0 Å². The van der Waals surface area contributed by atoms with E-state index in [2.05, 4.69) is 61.5 Å². The molecule has 0 fully saturated rings. The van der Waals surface area contributed by atoms with E-state index in [0.29, 0.717) is 5.92 Å². The lowest BCUT2D eigenvalue weighted by atomic mass is 9.86. The third-order valence-electron chi connectivity index (χ3n) is 4.07. The van der Waals surface area contributed by atoms with E-state index in [9.17, 15) is 4.79 Å². The summed E-state index contributed by atoms with van der Waals surface area (Å²) in [5.41, 5.74) is 5.89. The third-order valence-corrected chi connectivity index (χ3v) is 4.07. The molecule has 3 rings (SSSR count). The Balaban J connectivity index is 1.87. The molecule has 0 radical (unpaired) electrons. The van der Waals surface area contributed by atoms with Gasteiger partial charge in [0.15, 0.2) is 0 Å². The minimum atomic E-state index is 0.302. The minimum absolute atomic E-state index is 0.302. The van der Waals surface area contributed by atoms with E-state index in [-0.39, 0.29) is 0 Å². The van der Waals surface area contributed by atoms with E-state index in [0.717, 1.165) is 18.3 Å². The zero-order valence-electron chi connectivity index (χ0n) is 12.1. The van der Waals surface area contributed by atoms with Crippen LogP contribution >= 0.6 is 0 Å². The van der Waals surface area contributed by atoms with Gasteiger partial charge in [0.2, 0.25) is 0 Å². The number of aldehydes is 1. The summed E-state index contributed by atoms with van der Waals surface area (Å²) in [7, 11) is 0. The number of hydrogen-bond donors (Lipinski definition) is 0. The molecule has 104 valence electrons. The van der Waals surface area contributed by atoms with Crippen molar-refractivity contribution in [2.75, 3.05) is 0 Å². The fraction of sp³-hybridized carbons (Fsp3) is 0.150. The van der Waals surface area contributed by atoms with Crippen LogP contribution in [0, 0.1) is 5.92 Å². The van der Waals surface area contributed by atoms with Crippen LogP contribution < -0.4 is 0 Å². The van der Waals surface area contributed by atoms with Gasteiger partial charge >= 0.3 is 0 Å². The van der Waals surface area contributed by atoms with Crippen molar-refractivity contribution in [3.05, 3.63) is 77.9 Å². The van der Waals surface area contributed by atoms with Crippen LogP contribution in [-0.4, -0.2) is 6.29 Å². The molecule has 1 atom stereocenters. The molecule has 1 heteroatoms. The molecule has 1 aliphatic rings. The Hall–Kier alpha value is -2.41. The number of rotatable bonds is 3. The van der Waals surface area contributed by atoms with Crippen LogP contribution in [0.5, 0.6) is 0 Å². The van der Waals surface area contributed by atoms with Gasteiger partial charge in [0.1, 0.15) is 6.29 Å². The third kappa shape index (κ3) is 2.87. The summed E-state index contributed by atoms with van der Waals surface area (Å²) in [6.45, 7) is 2.10. The fourth-order valence-corrected chi connectivity index (χ4v) is 2.75. The molecule has 0 aromatic heterocycles.